The predicted octanol–water partition coefficient (Wildman–Crippen LogP) is 4.84. The molecule has 1 unspecified atom stereocenters. The van der Waals surface area contributed by atoms with Gasteiger partial charge in [-0.2, -0.15) is 0 Å². The van der Waals surface area contributed by atoms with Crippen LogP contribution in [0.4, 0.5) is 0 Å². The second-order valence-corrected chi connectivity index (χ2v) is 6.22. The number of hydrogen-bond acceptors (Lipinski definition) is 2. The first kappa shape index (κ1) is 16.9. The van der Waals surface area contributed by atoms with Gasteiger partial charge in [0.1, 0.15) is 0 Å². The van der Waals surface area contributed by atoms with Gasteiger partial charge in [-0.05, 0) is 12.8 Å². The third-order valence-electron chi connectivity index (χ3n) is 2.76. The molecule has 0 aliphatic rings. The van der Waals surface area contributed by atoms with Crippen LogP contribution in [0.25, 0.3) is 0 Å². The normalized spacial score (nSPS) is 12.4. The molecule has 0 aliphatic heterocycles. The van der Waals surface area contributed by atoms with Crippen molar-refractivity contribution in [3.8, 4) is 0 Å². The third kappa shape index (κ3) is 13.9. The topological polar surface area (TPSA) is 26.3 Å². The summed E-state index contributed by atoms with van der Waals surface area (Å²) in [4.78, 5) is 11.7. The van der Waals surface area contributed by atoms with Gasteiger partial charge in [0.15, 0.2) is 0 Å². The van der Waals surface area contributed by atoms with Crippen molar-refractivity contribution in [2.45, 2.75) is 76.5 Å². The Morgan fingerprint density at radius 3 is 2.29 bits per heavy atom. The molecule has 0 radical (unpaired) electrons. The Kier molecular flexibility index (Phi) is 12.4. The molecular weight excluding hydrogens is 280 g/mol. The number of ether oxygens (including phenoxy) is 1. The van der Waals surface area contributed by atoms with Crippen molar-refractivity contribution in [3.63, 3.8) is 0 Å². The maximum atomic E-state index is 11.3. The van der Waals surface area contributed by atoms with E-state index in [0.29, 0.717) is 17.9 Å². The molecule has 3 heteroatoms. The quantitative estimate of drug-likeness (QED) is 0.310. The van der Waals surface area contributed by atoms with Crippen molar-refractivity contribution in [1.29, 1.82) is 0 Å². The van der Waals surface area contributed by atoms with Gasteiger partial charge in [-0.25, -0.2) is 0 Å². The zero-order chi connectivity index (χ0) is 12.9. The molecule has 0 aromatic carbocycles. The van der Waals surface area contributed by atoms with Crippen LogP contribution in [-0.2, 0) is 9.53 Å². The second kappa shape index (κ2) is 12.4. The van der Waals surface area contributed by atoms with Gasteiger partial charge in [-0.15, -0.1) is 0 Å². The van der Waals surface area contributed by atoms with Gasteiger partial charge in [0.25, 0.3) is 0 Å². The minimum Gasteiger partial charge on any atom is -0.466 e. The molecule has 0 aliphatic carbocycles. The fraction of sp³-hybridized carbons (Fsp3) is 0.929. The van der Waals surface area contributed by atoms with Crippen molar-refractivity contribution < 1.29 is 9.53 Å². The summed E-state index contributed by atoms with van der Waals surface area (Å²) in [5.41, 5.74) is 0. The zero-order valence-corrected chi connectivity index (χ0v) is 12.9. The van der Waals surface area contributed by atoms with Crippen molar-refractivity contribution in [2.24, 2.45) is 0 Å². The highest BCUT2D eigenvalue weighted by Crippen LogP contribution is 2.09. The summed E-state index contributed by atoms with van der Waals surface area (Å²) in [6, 6.07) is 0. The van der Waals surface area contributed by atoms with E-state index in [0.717, 1.165) is 12.8 Å². The van der Waals surface area contributed by atoms with E-state index in [-0.39, 0.29) is 5.97 Å². The van der Waals surface area contributed by atoms with Crippen molar-refractivity contribution in [1.82, 2.24) is 0 Å². The Bertz CT molecular complexity index is 181. The van der Waals surface area contributed by atoms with Gasteiger partial charge >= 0.3 is 5.97 Å². The lowest BCUT2D eigenvalue weighted by molar-refractivity contribution is -0.143. The number of rotatable bonds is 11. The fourth-order valence-electron chi connectivity index (χ4n) is 1.63. The van der Waals surface area contributed by atoms with Gasteiger partial charge in [-0.3, -0.25) is 4.79 Å². The zero-order valence-electron chi connectivity index (χ0n) is 11.3. The molecule has 0 amide bonds. The molecular formula is C14H27BrO2. The lowest BCUT2D eigenvalue weighted by Crippen LogP contribution is -2.07. The highest BCUT2D eigenvalue weighted by Gasteiger charge is 2.04. The molecule has 0 aromatic rings. The monoisotopic (exact) mass is 306 g/mol. The maximum Gasteiger partial charge on any atom is 0.305 e. The molecule has 0 aromatic heterocycles. The SMILES string of the molecule is CCCCCCCCCOC(=O)CCC(C)Br. The molecule has 0 heterocycles. The van der Waals surface area contributed by atoms with Crippen LogP contribution in [0.3, 0.4) is 0 Å². The summed E-state index contributed by atoms with van der Waals surface area (Å²) in [6.07, 6.45) is 10.2. The number of unbranched alkanes of at least 4 members (excludes halogenated alkanes) is 6. The average Bonchev–Trinajstić information content (AvgIpc) is 2.30. The van der Waals surface area contributed by atoms with E-state index >= 15 is 0 Å². The van der Waals surface area contributed by atoms with Crippen LogP contribution in [0.5, 0.6) is 0 Å². The van der Waals surface area contributed by atoms with Crippen LogP contribution in [0.15, 0.2) is 0 Å². The first-order chi connectivity index (χ1) is 8.16. The van der Waals surface area contributed by atoms with Crippen LogP contribution >= 0.6 is 15.9 Å². The summed E-state index contributed by atoms with van der Waals surface area (Å²) in [5.74, 6) is -0.0534. The van der Waals surface area contributed by atoms with Crippen LogP contribution in [0, 0.1) is 0 Å². The van der Waals surface area contributed by atoms with Gasteiger partial charge in [0, 0.05) is 11.2 Å². The molecule has 1 atom stereocenters. The van der Waals surface area contributed by atoms with Gasteiger partial charge in [-0.1, -0.05) is 68.3 Å². The minimum absolute atomic E-state index is 0.0534. The Morgan fingerprint density at radius 2 is 1.71 bits per heavy atom. The number of alkyl halides is 1. The molecule has 0 saturated carbocycles. The molecule has 102 valence electrons. The fourth-order valence-corrected chi connectivity index (χ4v) is 1.86. The summed E-state index contributed by atoms with van der Waals surface area (Å²) in [6.45, 7) is 4.88. The van der Waals surface area contributed by atoms with Crippen LogP contribution in [0.1, 0.15) is 71.6 Å². The Balaban J connectivity index is 3.14. The first-order valence-electron chi connectivity index (χ1n) is 6.96. The largest absolute Gasteiger partial charge is 0.466 e. The smallest absolute Gasteiger partial charge is 0.305 e. The Hall–Kier alpha value is -0.0500. The van der Waals surface area contributed by atoms with E-state index in [1.807, 2.05) is 6.92 Å². The van der Waals surface area contributed by atoms with Gasteiger partial charge in [0.05, 0.1) is 6.61 Å². The van der Waals surface area contributed by atoms with Gasteiger partial charge in [0.2, 0.25) is 0 Å². The number of halogens is 1. The number of esters is 1. The maximum absolute atomic E-state index is 11.3. The number of hydrogen-bond donors (Lipinski definition) is 0. The number of carbonyl (C=O) groups excluding carboxylic acids is 1. The van der Waals surface area contributed by atoms with E-state index in [9.17, 15) is 4.79 Å². The highest BCUT2D eigenvalue weighted by molar-refractivity contribution is 9.09. The van der Waals surface area contributed by atoms with Gasteiger partial charge < -0.3 is 4.74 Å². The summed E-state index contributed by atoms with van der Waals surface area (Å²) >= 11 is 3.42. The van der Waals surface area contributed by atoms with Crippen molar-refractivity contribution in [2.75, 3.05) is 6.61 Å². The molecule has 0 spiro atoms. The minimum atomic E-state index is -0.0534. The third-order valence-corrected chi connectivity index (χ3v) is 3.22. The van der Waals surface area contributed by atoms with Crippen LogP contribution in [-0.4, -0.2) is 17.4 Å². The van der Waals surface area contributed by atoms with Crippen LogP contribution in [0.2, 0.25) is 0 Å². The number of carbonyl (C=O) groups is 1. The molecule has 0 rings (SSSR count). The summed E-state index contributed by atoms with van der Waals surface area (Å²) in [7, 11) is 0. The highest BCUT2D eigenvalue weighted by atomic mass is 79.9. The Labute approximate surface area is 115 Å². The summed E-state index contributed by atoms with van der Waals surface area (Å²) in [5, 5.41) is 0. The average molecular weight is 307 g/mol. The predicted molar refractivity (Wildman–Crippen MR) is 76.6 cm³/mol. The van der Waals surface area contributed by atoms with E-state index in [1.165, 1.54) is 38.5 Å². The van der Waals surface area contributed by atoms with Crippen molar-refractivity contribution >= 4 is 21.9 Å². The van der Waals surface area contributed by atoms with E-state index < -0.39 is 0 Å². The molecule has 17 heavy (non-hydrogen) atoms. The lowest BCUT2D eigenvalue weighted by atomic mass is 10.1. The molecule has 2 nitrogen and oxygen atoms in total. The molecule has 0 N–H and O–H groups in total. The molecule has 0 bridgehead atoms. The second-order valence-electron chi connectivity index (χ2n) is 4.66. The van der Waals surface area contributed by atoms with E-state index in [4.69, 9.17) is 4.74 Å². The van der Waals surface area contributed by atoms with Crippen molar-refractivity contribution in [3.05, 3.63) is 0 Å². The first-order valence-corrected chi connectivity index (χ1v) is 7.88. The molecule has 0 fully saturated rings. The molecule has 0 saturated heterocycles. The summed E-state index contributed by atoms with van der Waals surface area (Å²) < 4.78 is 5.16. The standard InChI is InChI=1S/C14H27BrO2/c1-3-4-5-6-7-8-9-12-17-14(16)11-10-13(2)15/h13H,3-12H2,1-2H3. The lowest BCUT2D eigenvalue weighted by Gasteiger charge is -2.05. The van der Waals surface area contributed by atoms with E-state index in [2.05, 4.69) is 22.9 Å². The van der Waals surface area contributed by atoms with Crippen LogP contribution < -0.4 is 0 Å². The van der Waals surface area contributed by atoms with E-state index in [1.54, 1.807) is 0 Å². The Morgan fingerprint density at radius 1 is 1.12 bits per heavy atom.